The molecule has 0 fully saturated rings. The van der Waals surface area contributed by atoms with Gasteiger partial charge in [0.05, 0.1) is 11.0 Å². The van der Waals surface area contributed by atoms with Crippen molar-refractivity contribution in [2.24, 2.45) is 0 Å². The second kappa shape index (κ2) is 7.43. The molecule has 0 aliphatic rings. The van der Waals surface area contributed by atoms with Gasteiger partial charge >= 0.3 is 5.69 Å². The van der Waals surface area contributed by atoms with E-state index in [1.54, 1.807) is 15.2 Å². The average molecular weight is 292 g/mol. The quantitative estimate of drug-likeness (QED) is 0.666. The van der Waals surface area contributed by atoms with Crippen LogP contribution in [0.5, 0.6) is 0 Å². The third-order valence-electron chi connectivity index (χ3n) is 3.95. The van der Waals surface area contributed by atoms with E-state index in [1.165, 1.54) is 12.1 Å². The van der Waals surface area contributed by atoms with Crippen LogP contribution in [-0.4, -0.2) is 9.13 Å². The van der Waals surface area contributed by atoms with Crippen LogP contribution in [0.15, 0.2) is 23.0 Å². The average Bonchev–Trinajstić information content (AvgIpc) is 2.72. The molecule has 0 amide bonds. The predicted octanol–water partition coefficient (Wildman–Crippen LogP) is 4.32. The van der Waals surface area contributed by atoms with Crippen LogP contribution in [0, 0.1) is 5.82 Å². The minimum absolute atomic E-state index is 0.00260. The lowest BCUT2D eigenvalue weighted by atomic mass is 10.2. The zero-order valence-corrected chi connectivity index (χ0v) is 13.1. The standard InChI is InChI=1S/C17H25FN2O/c1-3-5-7-11-19-15-10-9-14(18)13-16(15)20(17(19)21)12-8-6-4-2/h9-10,13H,3-8,11-12H2,1-2H3. The van der Waals surface area contributed by atoms with Gasteiger partial charge in [-0.1, -0.05) is 39.5 Å². The van der Waals surface area contributed by atoms with E-state index in [0.29, 0.717) is 6.54 Å². The van der Waals surface area contributed by atoms with E-state index in [9.17, 15) is 9.18 Å². The van der Waals surface area contributed by atoms with Gasteiger partial charge in [0.2, 0.25) is 0 Å². The molecule has 1 heterocycles. The summed E-state index contributed by atoms with van der Waals surface area (Å²) in [5.41, 5.74) is 1.59. The van der Waals surface area contributed by atoms with Gasteiger partial charge in [-0.3, -0.25) is 9.13 Å². The van der Waals surface area contributed by atoms with Crippen molar-refractivity contribution in [3.8, 4) is 0 Å². The van der Waals surface area contributed by atoms with Crippen LogP contribution in [0.3, 0.4) is 0 Å². The second-order valence-corrected chi connectivity index (χ2v) is 5.63. The molecule has 4 heteroatoms. The molecule has 0 saturated carbocycles. The fourth-order valence-electron chi connectivity index (χ4n) is 2.76. The number of imidazole rings is 1. The molecule has 0 radical (unpaired) electrons. The normalized spacial score (nSPS) is 11.4. The molecule has 21 heavy (non-hydrogen) atoms. The summed E-state index contributed by atoms with van der Waals surface area (Å²) in [5.74, 6) is -0.280. The largest absolute Gasteiger partial charge is 0.329 e. The van der Waals surface area contributed by atoms with Crippen molar-refractivity contribution < 1.29 is 4.39 Å². The highest BCUT2D eigenvalue weighted by atomic mass is 19.1. The third kappa shape index (κ3) is 3.55. The fourth-order valence-corrected chi connectivity index (χ4v) is 2.76. The Morgan fingerprint density at radius 3 is 2.05 bits per heavy atom. The van der Waals surface area contributed by atoms with Crippen molar-refractivity contribution in [3.05, 3.63) is 34.5 Å². The first-order chi connectivity index (χ1) is 10.2. The highest BCUT2D eigenvalue weighted by Gasteiger charge is 2.13. The maximum absolute atomic E-state index is 13.5. The van der Waals surface area contributed by atoms with E-state index in [-0.39, 0.29) is 11.5 Å². The Hall–Kier alpha value is -1.58. The van der Waals surface area contributed by atoms with Gasteiger partial charge < -0.3 is 0 Å². The Morgan fingerprint density at radius 1 is 0.905 bits per heavy atom. The van der Waals surface area contributed by atoms with E-state index in [1.807, 2.05) is 0 Å². The maximum atomic E-state index is 13.5. The van der Waals surface area contributed by atoms with Crippen LogP contribution >= 0.6 is 0 Å². The van der Waals surface area contributed by atoms with Gasteiger partial charge in [0.1, 0.15) is 5.82 Å². The zero-order valence-electron chi connectivity index (χ0n) is 13.1. The van der Waals surface area contributed by atoms with Crippen molar-refractivity contribution in [1.29, 1.82) is 0 Å². The van der Waals surface area contributed by atoms with E-state index in [4.69, 9.17) is 0 Å². The Balaban J connectivity index is 2.38. The lowest BCUT2D eigenvalue weighted by molar-refractivity contribution is 0.554. The predicted molar refractivity (Wildman–Crippen MR) is 85.2 cm³/mol. The molecule has 0 atom stereocenters. The molecule has 116 valence electrons. The van der Waals surface area contributed by atoms with Crippen molar-refractivity contribution >= 4 is 11.0 Å². The molecule has 0 unspecified atom stereocenters. The molecular formula is C17H25FN2O. The van der Waals surface area contributed by atoms with Crippen LogP contribution in [0.1, 0.15) is 52.4 Å². The smallest absolute Gasteiger partial charge is 0.292 e. The summed E-state index contributed by atoms with van der Waals surface area (Å²) in [6.45, 7) is 5.67. The molecule has 0 bridgehead atoms. The van der Waals surface area contributed by atoms with Crippen LogP contribution in [0.2, 0.25) is 0 Å². The second-order valence-electron chi connectivity index (χ2n) is 5.63. The number of aromatic nitrogens is 2. The molecule has 0 N–H and O–H groups in total. The number of unbranched alkanes of at least 4 members (excludes halogenated alkanes) is 4. The van der Waals surface area contributed by atoms with Gasteiger partial charge in [-0.25, -0.2) is 9.18 Å². The molecule has 2 aromatic rings. The Labute approximate surface area is 125 Å². The number of nitrogens with zero attached hydrogens (tertiary/aromatic N) is 2. The van der Waals surface area contributed by atoms with E-state index in [2.05, 4.69) is 13.8 Å². The molecule has 0 spiro atoms. The number of fused-ring (bicyclic) bond motifs is 1. The number of benzene rings is 1. The summed E-state index contributed by atoms with van der Waals surface area (Å²) in [7, 11) is 0. The first-order valence-electron chi connectivity index (χ1n) is 8.07. The highest BCUT2D eigenvalue weighted by molar-refractivity contribution is 5.76. The molecule has 2 rings (SSSR count). The molecule has 1 aromatic carbocycles. The number of hydrogen-bond acceptors (Lipinski definition) is 1. The maximum Gasteiger partial charge on any atom is 0.329 e. The number of aryl methyl sites for hydroxylation is 2. The molecule has 0 aliphatic carbocycles. The van der Waals surface area contributed by atoms with Crippen LogP contribution < -0.4 is 5.69 Å². The van der Waals surface area contributed by atoms with Crippen molar-refractivity contribution in [3.63, 3.8) is 0 Å². The van der Waals surface area contributed by atoms with E-state index < -0.39 is 0 Å². The number of hydrogen-bond donors (Lipinski definition) is 0. The van der Waals surface area contributed by atoms with E-state index in [0.717, 1.165) is 56.1 Å². The monoisotopic (exact) mass is 292 g/mol. The van der Waals surface area contributed by atoms with Crippen LogP contribution in [-0.2, 0) is 13.1 Å². The number of halogens is 1. The van der Waals surface area contributed by atoms with Gasteiger partial charge in [-0.2, -0.15) is 0 Å². The summed E-state index contributed by atoms with van der Waals surface area (Å²) in [6.07, 6.45) is 6.38. The zero-order chi connectivity index (χ0) is 15.2. The Kier molecular flexibility index (Phi) is 5.59. The van der Waals surface area contributed by atoms with Gasteiger partial charge in [-0.05, 0) is 31.0 Å². The molecule has 1 aromatic heterocycles. The number of rotatable bonds is 8. The minimum Gasteiger partial charge on any atom is -0.292 e. The van der Waals surface area contributed by atoms with Crippen LogP contribution in [0.25, 0.3) is 11.0 Å². The highest BCUT2D eigenvalue weighted by Crippen LogP contribution is 2.16. The molecule has 0 aliphatic heterocycles. The van der Waals surface area contributed by atoms with Gasteiger partial charge in [0.25, 0.3) is 0 Å². The lowest BCUT2D eigenvalue weighted by Crippen LogP contribution is -2.24. The third-order valence-corrected chi connectivity index (χ3v) is 3.95. The van der Waals surface area contributed by atoms with Crippen molar-refractivity contribution in [2.75, 3.05) is 0 Å². The first-order valence-corrected chi connectivity index (χ1v) is 8.07. The summed E-state index contributed by atoms with van der Waals surface area (Å²) in [4.78, 5) is 12.6. The van der Waals surface area contributed by atoms with Gasteiger partial charge in [0.15, 0.2) is 0 Å². The topological polar surface area (TPSA) is 26.9 Å². The van der Waals surface area contributed by atoms with Crippen molar-refractivity contribution in [1.82, 2.24) is 9.13 Å². The SMILES string of the molecule is CCCCCn1c(=O)n(CCCCC)c2cc(F)ccc21. The van der Waals surface area contributed by atoms with Crippen LogP contribution in [0.4, 0.5) is 4.39 Å². The molecule has 3 nitrogen and oxygen atoms in total. The Bertz CT molecular complexity index is 642. The lowest BCUT2D eigenvalue weighted by Gasteiger charge is -2.02. The van der Waals surface area contributed by atoms with Gasteiger partial charge in [0, 0.05) is 13.1 Å². The Morgan fingerprint density at radius 2 is 1.48 bits per heavy atom. The summed E-state index contributed by atoms with van der Waals surface area (Å²) in [5, 5.41) is 0. The summed E-state index contributed by atoms with van der Waals surface area (Å²) in [6, 6.07) is 4.65. The van der Waals surface area contributed by atoms with E-state index >= 15 is 0 Å². The summed E-state index contributed by atoms with van der Waals surface area (Å²) >= 11 is 0. The fraction of sp³-hybridized carbons (Fsp3) is 0.588. The molecular weight excluding hydrogens is 267 g/mol. The van der Waals surface area contributed by atoms with Crippen molar-refractivity contribution in [2.45, 2.75) is 65.5 Å². The van der Waals surface area contributed by atoms with Gasteiger partial charge in [-0.15, -0.1) is 0 Å². The minimum atomic E-state index is -0.280. The first kappa shape index (κ1) is 15.8. The molecule has 0 saturated heterocycles. The summed E-state index contributed by atoms with van der Waals surface area (Å²) < 4.78 is 17.1.